The number of hydrogen-bond acceptors (Lipinski definition) is 4. The predicted octanol–water partition coefficient (Wildman–Crippen LogP) is 3.24. The number of benzene rings is 2. The summed E-state index contributed by atoms with van der Waals surface area (Å²) < 4.78 is 38.7. The van der Waals surface area contributed by atoms with Crippen LogP contribution in [0.1, 0.15) is 30.4 Å². The number of ether oxygens (including phenoxy) is 2. The molecule has 0 fully saturated rings. The third kappa shape index (κ3) is 4.14. The molecule has 0 amide bonds. The van der Waals surface area contributed by atoms with Gasteiger partial charge in [0, 0.05) is 6.54 Å². The maximum Gasteiger partial charge on any atom is 0.240 e. The SMILES string of the molecule is Cc1ccccc1S(=O)(=O)NCCC(C)c1ccc2c(c1)OCCO2. The monoisotopic (exact) mass is 361 g/mol. The van der Waals surface area contributed by atoms with Gasteiger partial charge in [-0.3, -0.25) is 0 Å². The molecule has 0 saturated heterocycles. The molecule has 0 spiro atoms. The average molecular weight is 361 g/mol. The van der Waals surface area contributed by atoms with Gasteiger partial charge in [0.15, 0.2) is 11.5 Å². The van der Waals surface area contributed by atoms with Gasteiger partial charge in [0.25, 0.3) is 0 Å². The van der Waals surface area contributed by atoms with Crippen LogP contribution in [0.3, 0.4) is 0 Å². The van der Waals surface area contributed by atoms with Crippen LogP contribution >= 0.6 is 0 Å². The number of sulfonamides is 1. The van der Waals surface area contributed by atoms with Crippen LogP contribution in [0.5, 0.6) is 11.5 Å². The van der Waals surface area contributed by atoms with E-state index >= 15 is 0 Å². The Morgan fingerprint density at radius 1 is 1.08 bits per heavy atom. The second-order valence-electron chi connectivity index (χ2n) is 6.26. The third-order valence-electron chi connectivity index (χ3n) is 4.39. The molecule has 0 radical (unpaired) electrons. The highest BCUT2D eigenvalue weighted by Gasteiger charge is 2.18. The Morgan fingerprint density at radius 3 is 2.56 bits per heavy atom. The number of rotatable bonds is 6. The summed E-state index contributed by atoms with van der Waals surface area (Å²) >= 11 is 0. The van der Waals surface area contributed by atoms with Crippen molar-refractivity contribution in [3.8, 4) is 11.5 Å². The van der Waals surface area contributed by atoms with Crippen molar-refractivity contribution < 1.29 is 17.9 Å². The number of fused-ring (bicyclic) bond motifs is 1. The lowest BCUT2D eigenvalue weighted by molar-refractivity contribution is 0.171. The van der Waals surface area contributed by atoms with Gasteiger partial charge in [-0.05, 0) is 48.6 Å². The van der Waals surface area contributed by atoms with Crippen LogP contribution in [0.25, 0.3) is 0 Å². The molecule has 1 unspecified atom stereocenters. The van der Waals surface area contributed by atoms with Crippen molar-refractivity contribution in [3.05, 3.63) is 53.6 Å². The minimum Gasteiger partial charge on any atom is -0.486 e. The van der Waals surface area contributed by atoms with Gasteiger partial charge in [-0.2, -0.15) is 0 Å². The van der Waals surface area contributed by atoms with Crippen LogP contribution in [-0.4, -0.2) is 28.2 Å². The highest BCUT2D eigenvalue weighted by Crippen LogP contribution is 2.33. The van der Waals surface area contributed by atoms with Crippen molar-refractivity contribution in [1.82, 2.24) is 4.72 Å². The van der Waals surface area contributed by atoms with Gasteiger partial charge in [0.1, 0.15) is 13.2 Å². The quantitative estimate of drug-likeness (QED) is 0.858. The van der Waals surface area contributed by atoms with Crippen molar-refractivity contribution >= 4 is 10.0 Å². The molecule has 0 aromatic heterocycles. The zero-order valence-electron chi connectivity index (χ0n) is 14.5. The largest absolute Gasteiger partial charge is 0.486 e. The summed E-state index contributed by atoms with van der Waals surface area (Å²) in [6, 6.07) is 12.9. The van der Waals surface area contributed by atoms with Gasteiger partial charge in [0.2, 0.25) is 10.0 Å². The Kier molecular flexibility index (Phi) is 5.30. The summed E-state index contributed by atoms with van der Waals surface area (Å²) in [5.74, 6) is 1.73. The highest BCUT2D eigenvalue weighted by molar-refractivity contribution is 7.89. The Hall–Kier alpha value is -2.05. The maximum absolute atomic E-state index is 12.4. The van der Waals surface area contributed by atoms with Gasteiger partial charge < -0.3 is 9.47 Å². The lowest BCUT2D eigenvalue weighted by Crippen LogP contribution is -2.26. The highest BCUT2D eigenvalue weighted by atomic mass is 32.2. The van der Waals surface area contributed by atoms with E-state index in [1.54, 1.807) is 25.1 Å². The molecule has 25 heavy (non-hydrogen) atoms. The molecule has 1 N–H and O–H groups in total. The van der Waals surface area contributed by atoms with Crippen molar-refractivity contribution in [2.24, 2.45) is 0 Å². The predicted molar refractivity (Wildman–Crippen MR) is 96.8 cm³/mol. The van der Waals surface area contributed by atoms with E-state index in [4.69, 9.17) is 9.47 Å². The van der Waals surface area contributed by atoms with Crippen molar-refractivity contribution in [2.45, 2.75) is 31.1 Å². The maximum atomic E-state index is 12.4. The number of hydrogen-bond donors (Lipinski definition) is 1. The van der Waals surface area contributed by atoms with Crippen molar-refractivity contribution in [2.75, 3.05) is 19.8 Å². The van der Waals surface area contributed by atoms with Crippen molar-refractivity contribution in [1.29, 1.82) is 0 Å². The van der Waals surface area contributed by atoms with Gasteiger partial charge in [-0.1, -0.05) is 31.2 Å². The molecule has 0 bridgehead atoms. The van der Waals surface area contributed by atoms with Crippen LogP contribution in [-0.2, 0) is 10.0 Å². The first-order valence-electron chi connectivity index (χ1n) is 8.42. The molecule has 5 nitrogen and oxygen atoms in total. The summed E-state index contributed by atoms with van der Waals surface area (Å²) in [5, 5.41) is 0. The molecule has 1 heterocycles. The van der Waals surface area contributed by atoms with Gasteiger partial charge in [-0.25, -0.2) is 13.1 Å². The minimum atomic E-state index is -3.48. The lowest BCUT2D eigenvalue weighted by atomic mass is 9.97. The summed E-state index contributed by atoms with van der Waals surface area (Å²) in [7, 11) is -3.48. The van der Waals surface area contributed by atoms with Crippen LogP contribution < -0.4 is 14.2 Å². The second-order valence-corrected chi connectivity index (χ2v) is 7.99. The molecule has 3 rings (SSSR count). The average Bonchev–Trinajstić information content (AvgIpc) is 2.61. The van der Waals surface area contributed by atoms with Crippen molar-refractivity contribution in [3.63, 3.8) is 0 Å². The second kappa shape index (κ2) is 7.45. The molecular formula is C19H23NO4S. The molecule has 2 aromatic rings. The van der Waals surface area contributed by atoms with Crippen LogP contribution in [0.2, 0.25) is 0 Å². The smallest absolute Gasteiger partial charge is 0.240 e. The third-order valence-corrected chi connectivity index (χ3v) is 6.01. The van der Waals surface area contributed by atoms with E-state index < -0.39 is 10.0 Å². The summed E-state index contributed by atoms with van der Waals surface area (Å²) in [5.41, 5.74) is 1.86. The number of aryl methyl sites for hydroxylation is 1. The molecule has 0 aliphatic carbocycles. The molecule has 1 aliphatic rings. The first-order chi connectivity index (χ1) is 12.0. The van der Waals surface area contributed by atoms with Gasteiger partial charge >= 0.3 is 0 Å². The van der Waals surface area contributed by atoms with Gasteiger partial charge in [-0.15, -0.1) is 0 Å². The lowest BCUT2D eigenvalue weighted by Gasteiger charge is -2.20. The minimum absolute atomic E-state index is 0.204. The topological polar surface area (TPSA) is 64.6 Å². The normalized spacial score (nSPS) is 15.0. The first-order valence-corrected chi connectivity index (χ1v) is 9.90. The van der Waals surface area contributed by atoms with Crippen LogP contribution in [0, 0.1) is 6.92 Å². The van der Waals surface area contributed by atoms with E-state index in [9.17, 15) is 8.42 Å². The summed E-state index contributed by atoms with van der Waals surface area (Å²) in [6.07, 6.45) is 0.699. The van der Waals surface area contributed by atoms with Crippen LogP contribution in [0.15, 0.2) is 47.4 Å². The zero-order valence-corrected chi connectivity index (χ0v) is 15.3. The Morgan fingerprint density at radius 2 is 1.80 bits per heavy atom. The molecule has 0 saturated carbocycles. The molecule has 6 heteroatoms. The fraction of sp³-hybridized carbons (Fsp3) is 0.368. The van der Waals surface area contributed by atoms with E-state index in [-0.39, 0.29) is 5.92 Å². The summed E-state index contributed by atoms with van der Waals surface area (Å²) in [4.78, 5) is 0.335. The Bertz CT molecular complexity index is 848. The number of nitrogens with one attached hydrogen (secondary N) is 1. The Labute approximate surface area is 149 Å². The van der Waals surface area contributed by atoms with E-state index in [2.05, 4.69) is 11.6 Å². The fourth-order valence-corrected chi connectivity index (χ4v) is 4.17. The molecule has 2 aromatic carbocycles. The first kappa shape index (κ1) is 17.8. The van der Waals surface area contributed by atoms with E-state index in [0.29, 0.717) is 31.1 Å². The summed E-state index contributed by atoms with van der Waals surface area (Å²) in [6.45, 7) is 5.38. The van der Waals surface area contributed by atoms with E-state index in [0.717, 1.165) is 22.6 Å². The van der Waals surface area contributed by atoms with Crippen LogP contribution in [0.4, 0.5) is 0 Å². The molecule has 1 aliphatic heterocycles. The zero-order chi connectivity index (χ0) is 17.9. The Balaban J connectivity index is 1.61. The van der Waals surface area contributed by atoms with Gasteiger partial charge in [0.05, 0.1) is 4.90 Å². The fourth-order valence-electron chi connectivity index (χ4n) is 2.88. The van der Waals surface area contributed by atoms with E-state index in [1.807, 2.05) is 24.3 Å². The molecule has 134 valence electrons. The standard InChI is InChI=1S/C19H23NO4S/c1-14(16-7-8-17-18(13-16)24-12-11-23-17)9-10-20-25(21,22)19-6-4-3-5-15(19)2/h3-8,13-14,20H,9-12H2,1-2H3. The van der Waals surface area contributed by atoms with E-state index in [1.165, 1.54) is 0 Å². The molecular weight excluding hydrogens is 338 g/mol. The molecule has 1 atom stereocenters.